The van der Waals surface area contributed by atoms with Gasteiger partial charge in [0.2, 0.25) is 0 Å². The Labute approximate surface area is 209 Å². The summed E-state index contributed by atoms with van der Waals surface area (Å²) in [4.78, 5) is 37.6. The number of amides is 2. The molecule has 9 heteroatoms. The molecule has 3 aromatic rings. The van der Waals surface area contributed by atoms with Crippen LogP contribution in [0.4, 0.5) is 4.79 Å². The highest BCUT2D eigenvalue weighted by Crippen LogP contribution is 2.35. The molecule has 0 unspecified atom stereocenters. The van der Waals surface area contributed by atoms with Gasteiger partial charge in [-0.2, -0.15) is 0 Å². The average molecular weight is 514 g/mol. The van der Waals surface area contributed by atoms with Gasteiger partial charge in [-0.3, -0.25) is 14.5 Å². The summed E-state index contributed by atoms with van der Waals surface area (Å²) in [6, 6.07) is 18.4. The van der Waals surface area contributed by atoms with Crippen LogP contribution in [0, 0.1) is 0 Å². The van der Waals surface area contributed by atoms with Crippen LogP contribution in [0.25, 0.3) is 6.08 Å². The highest BCUT2D eigenvalue weighted by atomic mass is 35.5. The zero-order chi connectivity index (χ0) is 24.2. The van der Waals surface area contributed by atoms with Crippen molar-refractivity contribution in [1.29, 1.82) is 0 Å². The van der Waals surface area contributed by atoms with Gasteiger partial charge in [-0.1, -0.05) is 53.5 Å². The maximum Gasteiger partial charge on any atom is 0.335 e. The number of aromatic carboxylic acids is 1. The lowest BCUT2D eigenvalue weighted by Gasteiger charge is -2.12. The van der Waals surface area contributed by atoms with E-state index in [1.54, 1.807) is 60.7 Å². The highest BCUT2D eigenvalue weighted by molar-refractivity contribution is 8.18. The number of hydrogen-bond acceptors (Lipinski definition) is 5. The summed E-state index contributed by atoms with van der Waals surface area (Å²) in [5.41, 5.74) is 2.44. The predicted octanol–water partition coefficient (Wildman–Crippen LogP) is 6.51. The molecule has 0 saturated carbocycles. The summed E-state index contributed by atoms with van der Waals surface area (Å²) in [7, 11) is 0. The molecule has 0 aromatic heterocycles. The molecule has 6 nitrogen and oxygen atoms in total. The number of thioether (sulfide) groups is 1. The molecule has 1 aliphatic heterocycles. The molecule has 3 aromatic carbocycles. The number of rotatable bonds is 7. The molecule has 2 amide bonds. The molecule has 1 heterocycles. The van der Waals surface area contributed by atoms with Gasteiger partial charge in [-0.25, -0.2) is 4.79 Å². The first-order valence-electron chi connectivity index (χ1n) is 10.0. The van der Waals surface area contributed by atoms with E-state index >= 15 is 0 Å². The Hall–Kier alpha value is -3.26. The Morgan fingerprint density at radius 1 is 0.971 bits per heavy atom. The molecule has 0 aliphatic carbocycles. The van der Waals surface area contributed by atoms with Crippen LogP contribution in [0.15, 0.2) is 71.6 Å². The second kappa shape index (κ2) is 10.3. The highest BCUT2D eigenvalue weighted by Gasteiger charge is 2.35. The Balaban J connectivity index is 1.42. The zero-order valence-electron chi connectivity index (χ0n) is 17.5. The van der Waals surface area contributed by atoms with E-state index in [0.717, 1.165) is 22.9 Å². The smallest absolute Gasteiger partial charge is 0.335 e. The van der Waals surface area contributed by atoms with Crippen molar-refractivity contribution >= 4 is 58.2 Å². The van der Waals surface area contributed by atoms with Crippen molar-refractivity contribution in [2.45, 2.75) is 13.2 Å². The number of carboxylic acid groups (broad SMARTS) is 1. The number of benzene rings is 3. The molecule has 172 valence electrons. The molecule has 0 radical (unpaired) electrons. The van der Waals surface area contributed by atoms with Crippen molar-refractivity contribution in [1.82, 2.24) is 4.90 Å². The van der Waals surface area contributed by atoms with Crippen molar-refractivity contribution in [2.24, 2.45) is 0 Å². The van der Waals surface area contributed by atoms with Crippen molar-refractivity contribution in [3.8, 4) is 5.75 Å². The molecule has 1 fully saturated rings. The molecule has 0 bridgehead atoms. The summed E-state index contributed by atoms with van der Waals surface area (Å²) < 4.78 is 5.73. The van der Waals surface area contributed by atoms with E-state index in [4.69, 9.17) is 33.0 Å². The van der Waals surface area contributed by atoms with Crippen molar-refractivity contribution in [2.75, 3.05) is 0 Å². The van der Waals surface area contributed by atoms with Crippen LogP contribution in [-0.2, 0) is 17.9 Å². The quantitative estimate of drug-likeness (QED) is 0.362. The first-order chi connectivity index (χ1) is 16.3. The lowest BCUT2D eigenvalue weighted by atomic mass is 10.1. The first kappa shape index (κ1) is 23.9. The SMILES string of the molecule is O=C(O)c1ccc(COc2ccc(/C=C3\SC(=O)N(Cc4ccc(Cl)cc4)C3=O)cc2Cl)cc1. The van der Waals surface area contributed by atoms with Crippen molar-refractivity contribution in [3.63, 3.8) is 0 Å². The van der Waals surface area contributed by atoms with E-state index in [9.17, 15) is 14.4 Å². The van der Waals surface area contributed by atoms with Crippen LogP contribution in [0.2, 0.25) is 10.0 Å². The number of carbonyl (C=O) groups excluding carboxylic acids is 2. The van der Waals surface area contributed by atoms with Crippen molar-refractivity contribution in [3.05, 3.63) is 104 Å². The number of ether oxygens (including phenoxy) is 1. The van der Waals surface area contributed by atoms with E-state index in [0.29, 0.717) is 26.3 Å². The standard InChI is InChI=1S/C25H17Cl2NO5S/c26-19-8-3-15(4-9-19)13-28-23(29)22(34-25(28)32)12-17-5-10-21(20(27)11-17)33-14-16-1-6-18(7-2-16)24(30)31/h1-12H,13-14H2,(H,30,31)/b22-12-. The number of carboxylic acids is 1. The first-order valence-corrected chi connectivity index (χ1v) is 11.6. The van der Waals surface area contributed by atoms with Gasteiger partial charge in [-0.05, 0) is 70.9 Å². The Bertz CT molecular complexity index is 1290. The van der Waals surface area contributed by atoms with Crippen LogP contribution in [0.5, 0.6) is 5.75 Å². The van der Waals surface area contributed by atoms with Gasteiger partial charge in [0.15, 0.2) is 0 Å². The van der Waals surface area contributed by atoms with Crippen molar-refractivity contribution < 1.29 is 24.2 Å². The molecule has 34 heavy (non-hydrogen) atoms. The van der Waals surface area contributed by atoms with E-state index in [2.05, 4.69) is 0 Å². The van der Waals surface area contributed by atoms with Crippen LogP contribution < -0.4 is 4.74 Å². The number of hydrogen-bond donors (Lipinski definition) is 1. The van der Waals surface area contributed by atoms with E-state index < -0.39 is 5.97 Å². The lowest BCUT2D eigenvalue weighted by molar-refractivity contribution is -0.123. The minimum absolute atomic E-state index is 0.167. The molecule has 0 spiro atoms. The molecule has 0 atom stereocenters. The lowest BCUT2D eigenvalue weighted by Crippen LogP contribution is -2.27. The maximum atomic E-state index is 12.8. The second-order valence-corrected chi connectivity index (χ2v) is 9.21. The van der Waals surface area contributed by atoms with Gasteiger partial charge in [-0.15, -0.1) is 0 Å². The minimum atomic E-state index is -0.992. The number of carbonyl (C=O) groups is 3. The number of nitrogens with zero attached hydrogens (tertiary/aromatic N) is 1. The summed E-state index contributed by atoms with van der Waals surface area (Å²) in [5.74, 6) is -0.919. The number of imide groups is 1. The molecular weight excluding hydrogens is 497 g/mol. The summed E-state index contributed by atoms with van der Waals surface area (Å²) in [5, 5.41) is 9.55. The van der Waals surface area contributed by atoms with E-state index in [1.165, 1.54) is 17.0 Å². The van der Waals surface area contributed by atoms with Crippen LogP contribution in [0.3, 0.4) is 0 Å². The van der Waals surface area contributed by atoms with Crippen LogP contribution in [0.1, 0.15) is 27.0 Å². The largest absolute Gasteiger partial charge is 0.487 e. The summed E-state index contributed by atoms with van der Waals surface area (Å²) in [6.45, 7) is 0.378. The minimum Gasteiger partial charge on any atom is -0.487 e. The fourth-order valence-electron chi connectivity index (χ4n) is 3.19. The Morgan fingerprint density at radius 3 is 2.29 bits per heavy atom. The van der Waals surface area contributed by atoms with Gasteiger partial charge in [0.25, 0.3) is 11.1 Å². The molecule has 1 aliphatic rings. The summed E-state index contributed by atoms with van der Waals surface area (Å²) in [6.07, 6.45) is 1.62. The van der Waals surface area contributed by atoms with Gasteiger partial charge in [0, 0.05) is 5.02 Å². The second-order valence-electron chi connectivity index (χ2n) is 7.37. The average Bonchev–Trinajstić information content (AvgIpc) is 3.07. The topological polar surface area (TPSA) is 83.9 Å². The molecular formula is C25H17Cl2NO5S. The third kappa shape index (κ3) is 5.62. The predicted molar refractivity (Wildman–Crippen MR) is 132 cm³/mol. The Morgan fingerprint density at radius 2 is 1.65 bits per heavy atom. The molecule has 1 N–H and O–H groups in total. The fourth-order valence-corrected chi connectivity index (χ4v) is 4.40. The molecule has 1 saturated heterocycles. The normalized spacial score (nSPS) is 14.6. The van der Waals surface area contributed by atoms with E-state index in [1.807, 2.05) is 0 Å². The number of halogens is 2. The summed E-state index contributed by atoms with van der Waals surface area (Å²) >= 11 is 13.1. The third-order valence-corrected chi connectivity index (χ3v) is 6.43. The maximum absolute atomic E-state index is 12.8. The zero-order valence-corrected chi connectivity index (χ0v) is 19.9. The van der Waals surface area contributed by atoms with Crippen LogP contribution in [-0.4, -0.2) is 27.1 Å². The van der Waals surface area contributed by atoms with Gasteiger partial charge in [0.05, 0.1) is 22.0 Å². The van der Waals surface area contributed by atoms with E-state index in [-0.39, 0.29) is 29.9 Å². The van der Waals surface area contributed by atoms with Gasteiger partial charge < -0.3 is 9.84 Å². The third-order valence-electron chi connectivity index (χ3n) is 4.98. The van der Waals surface area contributed by atoms with Gasteiger partial charge >= 0.3 is 5.97 Å². The van der Waals surface area contributed by atoms with Crippen LogP contribution >= 0.6 is 35.0 Å². The molecule has 4 rings (SSSR count). The fraction of sp³-hybridized carbons (Fsp3) is 0.0800. The Kier molecular flexibility index (Phi) is 7.26. The van der Waals surface area contributed by atoms with Gasteiger partial charge in [0.1, 0.15) is 12.4 Å². The monoisotopic (exact) mass is 513 g/mol.